The van der Waals surface area contributed by atoms with E-state index < -0.39 is 22.0 Å². The predicted molar refractivity (Wildman–Crippen MR) is 115 cm³/mol. The molecule has 0 bridgehead atoms. The van der Waals surface area contributed by atoms with Crippen molar-refractivity contribution in [2.45, 2.75) is 33.2 Å². The summed E-state index contributed by atoms with van der Waals surface area (Å²) in [6, 6.07) is 12.7. The molecule has 0 unspecified atom stereocenters. The van der Waals surface area contributed by atoms with Crippen molar-refractivity contribution in [1.82, 2.24) is 0 Å². The van der Waals surface area contributed by atoms with Gasteiger partial charge in [-0.1, -0.05) is 6.92 Å². The lowest BCUT2D eigenvalue weighted by Gasteiger charge is -2.30. The molecule has 0 spiro atoms. The highest BCUT2D eigenvalue weighted by molar-refractivity contribution is 7.92. The molecule has 1 N–H and O–H groups in total. The van der Waals surface area contributed by atoms with Crippen LogP contribution >= 0.6 is 0 Å². The number of amides is 1. The highest BCUT2D eigenvalue weighted by Crippen LogP contribution is 2.26. The summed E-state index contributed by atoms with van der Waals surface area (Å²) in [5.74, 6) is 0.928. The topological polar surface area (TPSA) is 84.9 Å². The summed E-state index contributed by atoms with van der Waals surface area (Å²) in [5, 5.41) is 2.79. The lowest BCUT2D eigenvalue weighted by molar-refractivity contribution is -0.117. The zero-order chi connectivity index (χ0) is 21.4. The van der Waals surface area contributed by atoms with E-state index in [9.17, 15) is 13.2 Å². The third-order valence-corrected chi connectivity index (χ3v) is 5.34. The molecule has 29 heavy (non-hydrogen) atoms. The normalized spacial score (nSPS) is 12.1. The molecule has 0 heterocycles. The lowest BCUT2D eigenvalue weighted by Crippen LogP contribution is -2.46. The van der Waals surface area contributed by atoms with E-state index in [0.717, 1.165) is 10.6 Å². The van der Waals surface area contributed by atoms with Crippen LogP contribution in [0.3, 0.4) is 0 Å². The fourth-order valence-corrected chi connectivity index (χ4v) is 4.15. The third-order valence-electron chi connectivity index (χ3n) is 4.16. The van der Waals surface area contributed by atoms with Gasteiger partial charge < -0.3 is 14.8 Å². The van der Waals surface area contributed by atoms with Crippen LogP contribution in [0, 0.1) is 0 Å². The van der Waals surface area contributed by atoms with Crippen molar-refractivity contribution in [2.24, 2.45) is 0 Å². The van der Waals surface area contributed by atoms with E-state index in [0.29, 0.717) is 42.5 Å². The first kappa shape index (κ1) is 22.5. The minimum atomic E-state index is -3.69. The molecule has 8 heteroatoms. The van der Waals surface area contributed by atoms with Gasteiger partial charge in [0, 0.05) is 5.69 Å². The number of anilines is 2. The van der Waals surface area contributed by atoms with Crippen molar-refractivity contribution in [1.29, 1.82) is 0 Å². The lowest BCUT2D eigenvalue weighted by atomic mass is 10.1. The second-order valence-corrected chi connectivity index (χ2v) is 8.22. The van der Waals surface area contributed by atoms with Crippen LogP contribution in [0.4, 0.5) is 11.4 Å². The molecule has 0 aliphatic carbocycles. The van der Waals surface area contributed by atoms with Crippen LogP contribution in [-0.4, -0.2) is 39.8 Å². The minimum Gasteiger partial charge on any atom is -0.494 e. The fourth-order valence-electron chi connectivity index (χ4n) is 2.94. The van der Waals surface area contributed by atoms with E-state index in [1.807, 2.05) is 13.8 Å². The Labute approximate surface area is 172 Å². The highest BCUT2D eigenvalue weighted by atomic mass is 32.2. The minimum absolute atomic E-state index is 0.309. The summed E-state index contributed by atoms with van der Waals surface area (Å²) >= 11 is 0. The molecule has 0 radical (unpaired) electrons. The summed E-state index contributed by atoms with van der Waals surface area (Å²) in [6.45, 7) is 6.60. The summed E-state index contributed by atoms with van der Waals surface area (Å²) < 4.78 is 37.0. The smallest absolute Gasteiger partial charge is 0.248 e. The molecule has 0 aliphatic heterocycles. The number of benzene rings is 2. The van der Waals surface area contributed by atoms with Crippen molar-refractivity contribution >= 4 is 27.3 Å². The Morgan fingerprint density at radius 1 is 0.931 bits per heavy atom. The summed E-state index contributed by atoms with van der Waals surface area (Å²) in [7, 11) is -3.69. The Kier molecular flexibility index (Phi) is 7.90. The molecule has 1 atom stereocenters. The molecular weight excluding hydrogens is 392 g/mol. The maximum atomic E-state index is 12.9. The number of ether oxygens (including phenoxy) is 2. The van der Waals surface area contributed by atoms with E-state index in [2.05, 4.69) is 5.32 Å². The molecule has 2 aromatic carbocycles. The number of hydrogen-bond acceptors (Lipinski definition) is 5. The average Bonchev–Trinajstić information content (AvgIpc) is 2.68. The van der Waals surface area contributed by atoms with Gasteiger partial charge in [-0.3, -0.25) is 9.10 Å². The largest absolute Gasteiger partial charge is 0.494 e. The molecular formula is C21H28N2O5S. The zero-order valence-electron chi connectivity index (χ0n) is 17.2. The van der Waals surface area contributed by atoms with Crippen molar-refractivity contribution in [3.63, 3.8) is 0 Å². The van der Waals surface area contributed by atoms with Crippen molar-refractivity contribution in [3.8, 4) is 11.5 Å². The van der Waals surface area contributed by atoms with Crippen LogP contribution in [-0.2, 0) is 14.8 Å². The van der Waals surface area contributed by atoms with Gasteiger partial charge in [0.15, 0.2) is 0 Å². The van der Waals surface area contributed by atoms with Crippen LogP contribution in [0.2, 0.25) is 0 Å². The van der Waals surface area contributed by atoms with E-state index in [1.54, 1.807) is 55.5 Å². The number of carbonyl (C=O) groups is 1. The third kappa shape index (κ3) is 6.12. The van der Waals surface area contributed by atoms with Gasteiger partial charge in [-0.05, 0) is 68.8 Å². The molecule has 0 saturated heterocycles. The number of sulfonamides is 1. The first-order valence-electron chi connectivity index (χ1n) is 9.56. The van der Waals surface area contributed by atoms with E-state index in [-0.39, 0.29) is 0 Å². The monoisotopic (exact) mass is 420 g/mol. The van der Waals surface area contributed by atoms with Crippen molar-refractivity contribution in [2.75, 3.05) is 29.1 Å². The molecule has 2 rings (SSSR count). The van der Waals surface area contributed by atoms with Gasteiger partial charge in [-0.2, -0.15) is 0 Å². The van der Waals surface area contributed by atoms with Crippen LogP contribution in [0.25, 0.3) is 0 Å². The van der Waals surface area contributed by atoms with E-state index in [4.69, 9.17) is 9.47 Å². The molecule has 7 nitrogen and oxygen atoms in total. The van der Waals surface area contributed by atoms with Crippen molar-refractivity contribution in [3.05, 3.63) is 48.5 Å². The predicted octanol–water partition coefficient (Wildman–Crippen LogP) is 3.67. The summed E-state index contributed by atoms with van der Waals surface area (Å²) in [4.78, 5) is 12.9. The standard InChI is InChI=1S/C21H28N2O5S/c1-5-20(21(24)22-16-8-12-18(13-9-16)27-6-2)23(29(4,25)26)17-10-14-19(15-11-17)28-7-3/h8-15,20H,5-7H2,1-4H3,(H,22,24)/t20-/m0/s1. The van der Waals surface area contributed by atoms with Crippen LogP contribution in [0.5, 0.6) is 11.5 Å². The molecule has 0 fully saturated rings. The first-order valence-corrected chi connectivity index (χ1v) is 11.4. The maximum Gasteiger partial charge on any atom is 0.248 e. The SMILES string of the molecule is CCOc1ccc(NC(=O)[C@H](CC)N(c2ccc(OCC)cc2)S(C)(=O)=O)cc1. The Balaban J connectivity index is 2.26. The van der Waals surface area contributed by atoms with Gasteiger partial charge in [0.25, 0.3) is 0 Å². The van der Waals surface area contributed by atoms with Gasteiger partial charge in [0.05, 0.1) is 25.2 Å². The quantitative estimate of drug-likeness (QED) is 0.634. The van der Waals surface area contributed by atoms with Crippen LogP contribution < -0.4 is 19.1 Å². The van der Waals surface area contributed by atoms with E-state index >= 15 is 0 Å². The first-order chi connectivity index (χ1) is 13.8. The Morgan fingerprint density at radius 2 is 1.41 bits per heavy atom. The molecule has 2 aromatic rings. The number of rotatable bonds is 10. The zero-order valence-corrected chi connectivity index (χ0v) is 18.0. The number of carbonyl (C=O) groups excluding carboxylic acids is 1. The van der Waals surface area contributed by atoms with Crippen LogP contribution in [0.1, 0.15) is 27.2 Å². The molecule has 158 valence electrons. The van der Waals surface area contributed by atoms with Crippen LogP contribution in [0.15, 0.2) is 48.5 Å². The summed E-state index contributed by atoms with van der Waals surface area (Å²) in [5.41, 5.74) is 0.974. The number of hydrogen-bond donors (Lipinski definition) is 1. The second-order valence-electron chi connectivity index (χ2n) is 6.36. The molecule has 0 saturated carbocycles. The Bertz CT molecular complexity index is 896. The average molecular weight is 421 g/mol. The van der Waals surface area contributed by atoms with Gasteiger partial charge in [0.2, 0.25) is 15.9 Å². The Morgan fingerprint density at radius 3 is 1.83 bits per heavy atom. The van der Waals surface area contributed by atoms with Gasteiger partial charge in [0.1, 0.15) is 17.5 Å². The number of nitrogens with zero attached hydrogens (tertiary/aromatic N) is 1. The highest BCUT2D eigenvalue weighted by Gasteiger charge is 2.31. The summed E-state index contributed by atoms with van der Waals surface area (Å²) in [6.07, 6.45) is 1.40. The van der Waals surface area contributed by atoms with Gasteiger partial charge in [-0.25, -0.2) is 8.42 Å². The Hall–Kier alpha value is -2.74. The molecule has 0 aliphatic rings. The fraction of sp³-hybridized carbons (Fsp3) is 0.381. The van der Waals surface area contributed by atoms with E-state index in [1.165, 1.54) is 0 Å². The van der Waals surface area contributed by atoms with Gasteiger partial charge >= 0.3 is 0 Å². The molecule has 0 aromatic heterocycles. The van der Waals surface area contributed by atoms with Gasteiger partial charge in [-0.15, -0.1) is 0 Å². The van der Waals surface area contributed by atoms with Crippen molar-refractivity contribution < 1.29 is 22.7 Å². The maximum absolute atomic E-state index is 12.9. The molecule has 1 amide bonds. The second kappa shape index (κ2) is 10.2. The number of nitrogens with one attached hydrogen (secondary N) is 1.